The summed E-state index contributed by atoms with van der Waals surface area (Å²) in [6.07, 6.45) is 1.45. The molecule has 26 heavy (non-hydrogen) atoms. The molecule has 2 aromatic heterocycles. The maximum Gasteiger partial charge on any atom is 0.351 e. The van der Waals surface area contributed by atoms with Crippen molar-refractivity contribution in [1.29, 1.82) is 0 Å². The number of hydrogen-bond donors (Lipinski definition) is 0. The highest BCUT2D eigenvalue weighted by Crippen LogP contribution is 2.18. The minimum absolute atomic E-state index is 0.131. The molecule has 0 saturated carbocycles. The molecular formula is C17H18ClN5O3. The van der Waals surface area contributed by atoms with Crippen LogP contribution in [0.4, 0.5) is 0 Å². The van der Waals surface area contributed by atoms with Gasteiger partial charge in [-0.25, -0.2) is 4.79 Å². The van der Waals surface area contributed by atoms with E-state index < -0.39 is 5.69 Å². The summed E-state index contributed by atoms with van der Waals surface area (Å²) in [5.74, 6) is 0.176. The Balaban J connectivity index is 1.86. The molecule has 8 nitrogen and oxygen atoms in total. The fraction of sp³-hybridized carbons (Fsp3) is 0.294. The molecule has 0 aliphatic carbocycles. The van der Waals surface area contributed by atoms with E-state index in [1.165, 1.54) is 20.4 Å². The third-order valence-corrected chi connectivity index (χ3v) is 4.60. The summed E-state index contributed by atoms with van der Waals surface area (Å²) in [6.45, 7) is 3.37. The third-order valence-electron chi connectivity index (χ3n) is 4.28. The first-order valence-corrected chi connectivity index (χ1v) is 8.35. The van der Waals surface area contributed by atoms with Crippen LogP contribution in [-0.2, 0) is 11.3 Å². The molecule has 2 heterocycles. The fourth-order valence-corrected chi connectivity index (χ4v) is 2.77. The standard InChI is InChI=1S/C17H18ClN5O3/c1-11(14-8-9-26-20-14)21(3)16(24)10-22-12(2)19-23(17(22)25)15-7-5-4-6-13(15)18/h4-9,11H,10H2,1-3H3/t11-/m1/s1. The van der Waals surface area contributed by atoms with E-state index in [1.54, 1.807) is 44.3 Å². The summed E-state index contributed by atoms with van der Waals surface area (Å²) < 4.78 is 7.33. The lowest BCUT2D eigenvalue weighted by Gasteiger charge is -2.23. The highest BCUT2D eigenvalue weighted by Gasteiger charge is 2.22. The number of likely N-dealkylation sites (N-methyl/N-ethyl adjacent to an activating group) is 1. The summed E-state index contributed by atoms with van der Waals surface area (Å²) in [4.78, 5) is 26.8. The van der Waals surface area contributed by atoms with Crippen molar-refractivity contribution in [2.45, 2.75) is 26.4 Å². The second-order valence-electron chi connectivity index (χ2n) is 5.88. The first-order chi connectivity index (χ1) is 12.4. The third kappa shape index (κ3) is 3.28. The lowest BCUT2D eigenvalue weighted by molar-refractivity contribution is -0.132. The van der Waals surface area contributed by atoms with Gasteiger partial charge in [0.25, 0.3) is 0 Å². The molecule has 0 saturated heterocycles. The molecule has 0 bridgehead atoms. The van der Waals surface area contributed by atoms with Crippen LogP contribution in [0.25, 0.3) is 5.69 Å². The summed E-state index contributed by atoms with van der Waals surface area (Å²) in [6, 6.07) is 8.32. The first-order valence-electron chi connectivity index (χ1n) is 7.97. The Morgan fingerprint density at radius 2 is 2.08 bits per heavy atom. The second-order valence-corrected chi connectivity index (χ2v) is 6.29. The minimum Gasteiger partial charge on any atom is -0.364 e. The Kier molecular flexibility index (Phi) is 4.94. The van der Waals surface area contributed by atoms with Crippen LogP contribution in [0.1, 0.15) is 24.5 Å². The average Bonchev–Trinajstić information content (AvgIpc) is 3.25. The number of benzene rings is 1. The van der Waals surface area contributed by atoms with E-state index in [9.17, 15) is 9.59 Å². The Morgan fingerprint density at radius 3 is 2.73 bits per heavy atom. The number of aryl methyl sites for hydroxylation is 1. The molecule has 0 spiro atoms. The number of hydrogen-bond acceptors (Lipinski definition) is 5. The van der Waals surface area contributed by atoms with Gasteiger partial charge in [-0.05, 0) is 26.0 Å². The molecule has 0 aliphatic rings. The highest BCUT2D eigenvalue weighted by atomic mass is 35.5. The van der Waals surface area contributed by atoms with Gasteiger partial charge >= 0.3 is 5.69 Å². The number of carbonyl (C=O) groups is 1. The quantitative estimate of drug-likeness (QED) is 0.682. The number of carbonyl (C=O) groups excluding carboxylic acids is 1. The maximum absolute atomic E-state index is 12.7. The molecule has 9 heteroatoms. The van der Waals surface area contributed by atoms with Gasteiger partial charge in [0, 0.05) is 13.1 Å². The van der Waals surface area contributed by atoms with E-state index in [1.807, 2.05) is 6.92 Å². The summed E-state index contributed by atoms with van der Waals surface area (Å²) in [5, 5.41) is 8.48. The number of halogens is 1. The van der Waals surface area contributed by atoms with E-state index in [0.29, 0.717) is 22.2 Å². The Labute approximate surface area is 154 Å². The molecular weight excluding hydrogens is 358 g/mol. The molecule has 1 atom stereocenters. The Morgan fingerprint density at radius 1 is 1.35 bits per heavy atom. The zero-order valence-corrected chi connectivity index (χ0v) is 15.3. The predicted molar refractivity (Wildman–Crippen MR) is 95.3 cm³/mol. The number of amides is 1. The normalized spacial score (nSPS) is 12.2. The fourth-order valence-electron chi connectivity index (χ4n) is 2.56. The van der Waals surface area contributed by atoms with Crippen molar-refractivity contribution in [3.63, 3.8) is 0 Å². The molecule has 3 aromatic rings. The number of para-hydroxylation sites is 1. The van der Waals surface area contributed by atoms with E-state index in [2.05, 4.69) is 10.3 Å². The molecule has 0 N–H and O–H groups in total. The van der Waals surface area contributed by atoms with Crippen LogP contribution in [0.15, 0.2) is 45.9 Å². The molecule has 0 unspecified atom stereocenters. The van der Waals surface area contributed by atoms with Crippen LogP contribution in [0.3, 0.4) is 0 Å². The van der Waals surface area contributed by atoms with Crippen LogP contribution in [-0.4, -0.2) is 37.4 Å². The lowest BCUT2D eigenvalue weighted by atomic mass is 10.2. The number of aromatic nitrogens is 4. The van der Waals surface area contributed by atoms with Crippen LogP contribution in [0.2, 0.25) is 5.02 Å². The van der Waals surface area contributed by atoms with E-state index in [4.69, 9.17) is 16.1 Å². The zero-order chi connectivity index (χ0) is 18.8. The van der Waals surface area contributed by atoms with Crippen molar-refractivity contribution in [3.05, 3.63) is 63.6 Å². The Hall–Kier alpha value is -2.87. The van der Waals surface area contributed by atoms with Crippen molar-refractivity contribution in [3.8, 4) is 5.69 Å². The van der Waals surface area contributed by atoms with Gasteiger partial charge in [0.2, 0.25) is 5.91 Å². The SMILES string of the molecule is Cc1nn(-c2ccccc2Cl)c(=O)n1CC(=O)N(C)[C@H](C)c1ccon1. The van der Waals surface area contributed by atoms with Crippen molar-refractivity contribution in [2.75, 3.05) is 7.05 Å². The van der Waals surface area contributed by atoms with Gasteiger partial charge in [-0.15, -0.1) is 0 Å². The molecule has 136 valence electrons. The van der Waals surface area contributed by atoms with Crippen LogP contribution < -0.4 is 5.69 Å². The lowest BCUT2D eigenvalue weighted by Crippen LogP contribution is -2.36. The smallest absolute Gasteiger partial charge is 0.351 e. The number of rotatable bonds is 5. The van der Waals surface area contributed by atoms with Crippen molar-refractivity contribution in [2.24, 2.45) is 0 Å². The second kappa shape index (κ2) is 7.17. The van der Waals surface area contributed by atoms with E-state index in [-0.39, 0.29) is 18.5 Å². The van der Waals surface area contributed by atoms with Gasteiger partial charge in [-0.1, -0.05) is 28.9 Å². The van der Waals surface area contributed by atoms with Gasteiger partial charge in [0.15, 0.2) is 0 Å². The maximum atomic E-state index is 12.7. The molecule has 0 fully saturated rings. The summed E-state index contributed by atoms with van der Waals surface area (Å²) in [7, 11) is 1.65. The highest BCUT2D eigenvalue weighted by molar-refractivity contribution is 6.32. The predicted octanol–water partition coefficient (Wildman–Crippen LogP) is 2.20. The Bertz CT molecular complexity index is 977. The minimum atomic E-state index is -0.425. The van der Waals surface area contributed by atoms with Gasteiger partial charge in [0.1, 0.15) is 24.3 Å². The molecule has 0 radical (unpaired) electrons. The van der Waals surface area contributed by atoms with Gasteiger partial charge < -0.3 is 9.42 Å². The molecule has 3 rings (SSSR count). The number of nitrogens with zero attached hydrogens (tertiary/aromatic N) is 5. The van der Waals surface area contributed by atoms with E-state index in [0.717, 1.165) is 0 Å². The molecule has 1 amide bonds. The largest absolute Gasteiger partial charge is 0.364 e. The summed E-state index contributed by atoms with van der Waals surface area (Å²) in [5.41, 5.74) is 0.681. The van der Waals surface area contributed by atoms with Crippen molar-refractivity contribution in [1.82, 2.24) is 24.4 Å². The van der Waals surface area contributed by atoms with Crippen molar-refractivity contribution < 1.29 is 9.32 Å². The summed E-state index contributed by atoms with van der Waals surface area (Å²) >= 11 is 6.15. The monoisotopic (exact) mass is 375 g/mol. The average molecular weight is 376 g/mol. The van der Waals surface area contributed by atoms with Crippen molar-refractivity contribution >= 4 is 17.5 Å². The van der Waals surface area contributed by atoms with Gasteiger partial charge in [0.05, 0.1) is 16.8 Å². The van der Waals surface area contributed by atoms with Crippen LogP contribution in [0, 0.1) is 6.92 Å². The van der Waals surface area contributed by atoms with Crippen LogP contribution in [0.5, 0.6) is 0 Å². The van der Waals surface area contributed by atoms with Gasteiger partial charge in [-0.3, -0.25) is 9.36 Å². The molecule has 0 aliphatic heterocycles. The molecule has 1 aromatic carbocycles. The van der Waals surface area contributed by atoms with E-state index >= 15 is 0 Å². The zero-order valence-electron chi connectivity index (χ0n) is 14.6. The topological polar surface area (TPSA) is 86.2 Å². The van der Waals surface area contributed by atoms with Gasteiger partial charge in [-0.2, -0.15) is 9.78 Å². The van der Waals surface area contributed by atoms with Crippen LogP contribution >= 0.6 is 11.6 Å². The first kappa shape index (κ1) is 17.9.